The van der Waals surface area contributed by atoms with Gasteiger partial charge in [0.05, 0.1) is 10.6 Å². The van der Waals surface area contributed by atoms with E-state index < -0.39 is 5.82 Å². The third-order valence-electron chi connectivity index (χ3n) is 4.84. The van der Waals surface area contributed by atoms with Crippen molar-refractivity contribution >= 4 is 23.2 Å². The van der Waals surface area contributed by atoms with Gasteiger partial charge in [0.2, 0.25) is 5.91 Å². The highest BCUT2D eigenvalue weighted by molar-refractivity contribution is 6.30. The van der Waals surface area contributed by atoms with Crippen LogP contribution in [0.2, 0.25) is 5.02 Å². The molecule has 114 valence electrons. The first-order valence-electron chi connectivity index (χ1n) is 7.48. The van der Waals surface area contributed by atoms with E-state index in [0.29, 0.717) is 12.1 Å². The van der Waals surface area contributed by atoms with Gasteiger partial charge in [-0.05, 0) is 50.9 Å². The number of likely N-dealkylation sites (tertiary alicyclic amines) is 1. The number of piperidine rings is 2. The second-order valence-corrected chi connectivity index (χ2v) is 6.62. The summed E-state index contributed by atoms with van der Waals surface area (Å²) >= 11 is 5.77. The van der Waals surface area contributed by atoms with Crippen LogP contribution in [0.4, 0.5) is 10.1 Å². The SMILES string of the molecule is CN1CCC2(CCCC(=O)N2c2ccc(Cl)c(F)c2)CC1. The van der Waals surface area contributed by atoms with Gasteiger partial charge in [-0.1, -0.05) is 11.6 Å². The van der Waals surface area contributed by atoms with Crippen LogP contribution in [0.25, 0.3) is 0 Å². The van der Waals surface area contributed by atoms with E-state index in [4.69, 9.17) is 11.6 Å². The fourth-order valence-corrected chi connectivity index (χ4v) is 3.72. The van der Waals surface area contributed by atoms with Crippen molar-refractivity contribution in [1.29, 1.82) is 0 Å². The van der Waals surface area contributed by atoms with Crippen molar-refractivity contribution in [2.75, 3.05) is 25.0 Å². The Morgan fingerprint density at radius 3 is 2.62 bits per heavy atom. The molecule has 0 bridgehead atoms. The molecule has 2 aliphatic rings. The van der Waals surface area contributed by atoms with Crippen LogP contribution in [0.3, 0.4) is 0 Å². The zero-order valence-electron chi connectivity index (χ0n) is 12.2. The van der Waals surface area contributed by atoms with Crippen LogP contribution in [0.1, 0.15) is 32.1 Å². The molecule has 0 aliphatic carbocycles. The van der Waals surface area contributed by atoms with Gasteiger partial charge in [-0.25, -0.2) is 4.39 Å². The first kappa shape index (κ1) is 14.8. The van der Waals surface area contributed by atoms with E-state index in [9.17, 15) is 9.18 Å². The van der Waals surface area contributed by atoms with Gasteiger partial charge in [0.25, 0.3) is 0 Å². The third kappa shape index (κ3) is 2.67. The van der Waals surface area contributed by atoms with E-state index in [2.05, 4.69) is 11.9 Å². The average molecular weight is 311 g/mol. The minimum absolute atomic E-state index is 0.0978. The van der Waals surface area contributed by atoms with Crippen molar-refractivity contribution < 1.29 is 9.18 Å². The number of hydrogen-bond donors (Lipinski definition) is 0. The highest BCUT2D eigenvalue weighted by atomic mass is 35.5. The van der Waals surface area contributed by atoms with E-state index in [1.807, 2.05) is 4.90 Å². The molecule has 1 amide bonds. The first-order chi connectivity index (χ1) is 10.0. The third-order valence-corrected chi connectivity index (χ3v) is 5.14. The molecule has 2 aliphatic heterocycles. The Labute approximate surface area is 129 Å². The number of carbonyl (C=O) groups excluding carboxylic acids is 1. The first-order valence-corrected chi connectivity index (χ1v) is 7.86. The van der Waals surface area contributed by atoms with Crippen molar-refractivity contribution in [1.82, 2.24) is 4.90 Å². The molecular formula is C16H20ClFN2O. The van der Waals surface area contributed by atoms with Gasteiger partial charge >= 0.3 is 0 Å². The van der Waals surface area contributed by atoms with Gasteiger partial charge in [-0.15, -0.1) is 0 Å². The normalized spacial score (nSPS) is 22.8. The molecule has 0 unspecified atom stereocenters. The van der Waals surface area contributed by atoms with Gasteiger partial charge in [0.1, 0.15) is 5.82 Å². The highest BCUT2D eigenvalue weighted by Crippen LogP contribution is 2.41. The minimum Gasteiger partial charge on any atom is -0.306 e. The van der Waals surface area contributed by atoms with Crippen molar-refractivity contribution in [3.63, 3.8) is 0 Å². The van der Waals surface area contributed by atoms with Gasteiger partial charge < -0.3 is 9.80 Å². The molecular weight excluding hydrogens is 291 g/mol. The summed E-state index contributed by atoms with van der Waals surface area (Å²) in [6, 6.07) is 4.69. The van der Waals surface area contributed by atoms with Crippen LogP contribution in [0.5, 0.6) is 0 Å². The lowest BCUT2D eigenvalue weighted by Gasteiger charge is -2.51. The van der Waals surface area contributed by atoms with Crippen LogP contribution in [-0.4, -0.2) is 36.5 Å². The maximum atomic E-state index is 13.8. The summed E-state index contributed by atoms with van der Waals surface area (Å²) in [5.41, 5.74) is 0.494. The number of hydrogen-bond acceptors (Lipinski definition) is 2. The summed E-state index contributed by atoms with van der Waals surface area (Å²) in [5.74, 6) is -0.358. The van der Waals surface area contributed by atoms with Crippen LogP contribution in [0.15, 0.2) is 18.2 Å². The lowest BCUT2D eigenvalue weighted by Crippen LogP contribution is -2.59. The summed E-state index contributed by atoms with van der Waals surface area (Å²) < 4.78 is 13.8. The van der Waals surface area contributed by atoms with Gasteiger partial charge in [0.15, 0.2) is 0 Å². The summed E-state index contributed by atoms with van der Waals surface area (Å²) in [4.78, 5) is 16.6. The Hall–Kier alpha value is -1.13. The topological polar surface area (TPSA) is 23.6 Å². The van der Waals surface area contributed by atoms with Crippen molar-refractivity contribution in [3.8, 4) is 0 Å². The van der Waals surface area contributed by atoms with E-state index in [1.54, 1.807) is 6.07 Å². The van der Waals surface area contributed by atoms with Crippen LogP contribution < -0.4 is 4.90 Å². The van der Waals surface area contributed by atoms with Crippen molar-refractivity contribution in [3.05, 3.63) is 29.0 Å². The molecule has 2 saturated heterocycles. The Morgan fingerprint density at radius 1 is 1.24 bits per heavy atom. The molecule has 2 fully saturated rings. The number of carbonyl (C=O) groups is 1. The molecule has 1 aromatic rings. The van der Waals surface area contributed by atoms with Gasteiger partial charge in [0, 0.05) is 25.2 Å². The number of benzene rings is 1. The number of rotatable bonds is 1. The molecule has 0 radical (unpaired) electrons. The number of halogens is 2. The predicted molar refractivity (Wildman–Crippen MR) is 82.2 cm³/mol. The van der Waals surface area contributed by atoms with Crippen LogP contribution >= 0.6 is 11.6 Å². The molecule has 1 aromatic carbocycles. The van der Waals surface area contributed by atoms with Crippen molar-refractivity contribution in [2.24, 2.45) is 0 Å². The zero-order valence-corrected chi connectivity index (χ0v) is 13.0. The standard InChI is InChI=1S/C16H20ClFN2O/c1-19-9-7-16(8-10-19)6-2-3-15(21)20(16)12-4-5-13(17)14(18)11-12/h4-5,11H,2-3,6-10H2,1H3. The number of anilines is 1. The van der Waals surface area contributed by atoms with Gasteiger partial charge in [-0.3, -0.25) is 4.79 Å². The number of amides is 1. The lowest BCUT2D eigenvalue weighted by molar-refractivity contribution is -0.122. The Bertz CT molecular complexity index is 555. The number of nitrogens with zero attached hydrogens (tertiary/aromatic N) is 2. The fourth-order valence-electron chi connectivity index (χ4n) is 3.61. The molecule has 21 heavy (non-hydrogen) atoms. The summed E-state index contributed by atoms with van der Waals surface area (Å²) in [6.07, 6.45) is 4.35. The Kier molecular flexibility index (Phi) is 3.93. The predicted octanol–water partition coefficient (Wildman–Crippen LogP) is 3.46. The second kappa shape index (κ2) is 5.58. The Morgan fingerprint density at radius 2 is 1.95 bits per heavy atom. The minimum atomic E-state index is -0.462. The largest absolute Gasteiger partial charge is 0.306 e. The molecule has 3 nitrogen and oxygen atoms in total. The molecule has 0 aromatic heterocycles. The molecule has 1 spiro atoms. The average Bonchev–Trinajstić information content (AvgIpc) is 2.46. The van der Waals surface area contributed by atoms with E-state index >= 15 is 0 Å². The molecule has 0 saturated carbocycles. The van der Waals surface area contributed by atoms with E-state index in [-0.39, 0.29) is 16.5 Å². The molecule has 0 atom stereocenters. The maximum absolute atomic E-state index is 13.8. The monoisotopic (exact) mass is 310 g/mol. The summed E-state index contributed by atoms with van der Waals surface area (Å²) in [6.45, 7) is 1.94. The van der Waals surface area contributed by atoms with Crippen LogP contribution in [0, 0.1) is 5.82 Å². The second-order valence-electron chi connectivity index (χ2n) is 6.21. The highest BCUT2D eigenvalue weighted by Gasteiger charge is 2.44. The molecule has 3 rings (SSSR count). The van der Waals surface area contributed by atoms with E-state index in [0.717, 1.165) is 38.8 Å². The van der Waals surface area contributed by atoms with Crippen LogP contribution in [-0.2, 0) is 4.79 Å². The molecule has 0 N–H and O–H groups in total. The molecule has 5 heteroatoms. The summed E-state index contributed by atoms with van der Waals surface area (Å²) in [7, 11) is 2.10. The smallest absolute Gasteiger partial charge is 0.227 e. The summed E-state index contributed by atoms with van der Waals surface area (Å²) in [5, 5.41) is 0.0978. The molecule has 2 heterocycles. The fraction of sp³-hybridized carbons (Fsp3) is 0.562. The van der Waals surface area contributed by atoms with Gasteiger partial charge in [-0.2, -0.15) is 0 Å². The van der Waals surface area contributed by atoms with E-state index in [1.165, 1.54) is 12.1 Å². The zero-order chi connectivity index (χ0) is 15.0. The Balaban J connectivity index is 1.98. The lowest BCUT2D eigenvalue weighted by atomic mass is 9.78. The van der Waals surface area contributed by atoms with Crippen molar-refractivity contribution in [2.45, 2.75) is 37.6 Å². The quantitative estimate of drug-likeness (QED) is 0.793. The maximum Gasteiger partial charge on any atom is 0.227 e.